The third-order valence-electron chi connectivity index (χ3n) is 1.72. The summed E-state index contributed by atoms with van der Waals surface area (Å²) in [6, 6.07) is 0. The Morgan fingerprint density at radius 1 is 1.36 bits per heavy atom. The van der Waals surface area contributed by atoms with E-state index in [-0.39, 0.29) is 0 Å². The molecule has 0 radical (unpaired) electrons. The van der Waals surface area contributed by atoms with Gasteiger partial charge in [0.1, 0.15) is 0 Å². The van der Waals surface area contributed by atoms with Gasteiger partial charge in [0.25, 0.3) is 0 Å². The quantitative estimate of drug-likeness (QED) is 0.563. The molecule has 0 aliphatic carbocycles. The molecule has 1 heteroatoms. The molecule has 0 aliphatic rings. The first-order valence-corrected chi connectivity index (χ1v) is 4.14. The average molecular weight is 153 g/mol. The molecule has 0 aromatic carbocycles. The molecule has 11 heavy (non-hydrogen) atoms. The second-order valence-corrected chi connectivity index (χ2v) is 2.90. The van der Waals surface area contributed by atoms with Crippen LogP contribution >= 0.6 is 0 Å². The predicted molar refractivity (Wildman–Crippen MR) is 51.5 cm³/mol. The first kappa shape index (κ1) is 10.3. The molecule has 0 unspecified atom stereocenters. The van der Waals surface area contributed by atoms with Crippen LogP contribution in [-0.4, -0.2) is 18.5 Å². The molecular formula is C10H19N. The predicted octanol–water partition coefficient (Wildman–Crippen LogP) is 2.81. The van der Waals surface area contributed by atoms with Crippen molar-refractivity contribution < 1.29 is 0 Å². The maximum absolute atomic E-state index is 2.25. The highest BCUT2D eigenvalue weighted by Crippen LogP contribution is 2.08. The summed E-state index contributed by atoms with van der Waals surface area (Å²) in [5, 5.41) is 0. The third-order valence-corrected chi connectivity index (χ3v) is 1.72. The first-order valence-electron chi connectivity index (χ1n) is 4.14. The van der Waals surface area contributed by atoms with Gasteiger partial charge in [0, 0.05) is 19.3 Å². The Balaban J connectivity index is 4.48. The van der Waals surface area contributed by atoms with Crippen molar-refractivity contribution in [3.8, 4) is 0 Å². The monoisotopic (exact) mass is 153 g/mol. The van der Waals surface area contributed by atoms with E-state index in [1.807, 2.05) is 6.92 Å². The van der Waals surface area contributed by atoms with Crippen molar-refractivity contribution >= 4 is 0 Å². The summed E-state index contributed by atoms with van der Waals surface area (Å²) in [6.07, 6.45) is 4.23. The van der Waals surface area contributed by atoms with E-state index in [1.54, 1.807) is 0 Å². The topological polar surface area (TPSA) is 3.24 Å². The third kappa shape index (κ3) is 3.26. The second-order valence-electron chi connectivity index (χ2n) is 2.90. The summed E-state index contributed by atoms with van der Waals surface area (Å²) in [6.45, 7) is 9.55. The van der Waals surface area contributed by atoms with Crippen LogP contribution in [0.15, 0.2) is 23.4 Å². The van der Waals surface area contributed by atoms with Gasteiger partial charge in [-0.3, -0.25) is 0 Å². The Morgan fingerprint density at radius 3 is 2.18 bits per heavy atom. The second kappa shape index (κ2) is 5.00. The summed E-state index contributed by atoms with van der Waals surface area (Å²) >= 11 is 0. The van der Waals surface area contributed by atoms with Gasteiger partial charge >= 0.3 is 0 Å². The average Bonchev–Trinajstić information content (AvgIpc) is 1.98. The molecule has 0 fully saturated rings. The fraction of sp³-hybridized carbons (Fsp3) is 0.600. The number of rotatable bonds is 3. The standard InChI is InChI=1S/C10H19N/c1-6-8-10(9(3)4)11(5)7-2/h6,8H,7H2,1-5H3/b8-6-. The lowest BCUT2D eigenvalue weighted by molar-refractivity contribution is 0.451. The molecule has 0 saturated carbocycles. The number of hydrogen-bond acceptors (Lipinski definition) is 1. The smallest absolute Gasteiger partial charge is 0.0346 e. The summed E-state index contributed by atoms with van der Waals surface area (Å²) < 4.78 is 0. The van der Waals surface area contributed by atoms with Crippen molar-refractivity contribution in [1.29, 1.82) is 0 Å². The largest absolute Gasteiger partial charge is 0.375 e. The fourth-order valence-corrected chi connectivity index (χ4v) is 1.00. The van der Waals surface area contributed by atoms with Crippen LogP contribution in [0.25, 0.3) is 0 Å². The van der Waals surface area contributed by atoms with E-state index in [0.29, 0.717) is 0 Å². The minimum Gasteiger partial charge on any atom is -0.375 e. The first-order chi connectivity index (χ1) is 5.13. The molecule has 0 aromatic heterocycles. The summed E-state index contributed by atoms with van der Waals surface area (Å²) in [7, 11) is 2.11. The van der Waals surface area contributed by atoms with E-state index in [9.17, 15) is 0 Å². The van der Waals surface area contributed by atoms with Crippen molar-refractivity contribution in [3.05, 3.63) is 23.4 Å². The van der Waals surface area contributed by atoms with Gasteiger partial charge in [0.15, 0.2) is 0 Å². The van der Waals surface area contributed by atoms with Crippen molar-refractivity contribution in [2.45, 2.75) is 27.7 Å². The van der Waals surface area contributed by atoms with Gasteiger partial charge in [0.2, 0.25) is 0 Å². The zero-order chi connectivity index (χ0) is 8.85. The number of hydrogen-bond donors (Lipinski definition) is 0. The van der Waals surface area contributed by atoms with E-state index in [0.717, 1.165) is 6.54 Å². The highest BCUT2D eigenvalue weighted by molar-refractivity contribution is 5.21. The summed E-state index contributed by atoms with van der Waals surface area (Å²) in [4.78, 5) is 2.25. The SMILES string of the molecule is C/C=C\C(=C(C)C)N(C)CC. The Kier molecular flexibility index (Phi) is 4.67. The van der Waals surface area contributed by atoms with Crippen molar-refractivity contribution in [2.75, 3.05) is 13.6 Å². The molecule has 0 atom stereocenters. The zero-order valence-corrected chi connectivity index (χ0v) is 8.31. The van der Waals surface area contributed by atoms with Crippen molar-refractivity contribution in [2.24, 2.45) is 0 Å². The van der Waals surface area contributed by atoms with Gasteiger partial charge in [-0.2, -0.15) is 0 Å². The summed E-state index contributed by atoms with van der Waals surface area (Å²) in [5.74, 6) is 0. The zero-order valence-electron chi connectivity index (χ0n) is 8.31. The van der Waals surface area contributed by atoms with Crippen LogP contribution in [0.3, 0.4) is 0 Å². The van der Waals surface area contributed by atoms with Crippen molar-refractivity contribution in [1.82, 2.24) is 4.90 Å². The maximum Gasteiger partial charge on any atom is 0.0346 e. The van der Waals surface area contributed by atoms with Crippen LogP contribution in [0, 0.1) is 0 Å². The number of likely N-dealkylation sites (N-methyl/N-ethyl adjacent to an activating group) is 1. The maximum atomic E-state index is 2.25. The van der Waals surface area contributed by atoms with Gasteiger partial charge in [-0.05, 0) is 33.8 Å². The van der Waals surface area contributed by atoms with Gasteiger partial charge < -0.3 is 4.90 Å². The molecule has 0 aromatic rings. The molecular weight excluding hydrogens is 134 g/mol. The molecule has 64 valence electrons. The molecule has 0 heterocycles. The van der Waals surface area contributed by atoms with Crippen LogP contribution in [0.1, 0.15) is 27.7 Å². The molecule has 0 rings (SSSR count). The Bertz CT molecular complexity index is 162. The lowest BCUT2D eigenvalue weighted by Gasteiger charge is -2.19. The molecule has 0 bridgehead atoms. The minimum absolute atomic E-state index is 1.06. The fourth-order valence-electron chi connectivity index (χ4n) is 1.00. The van der Waals surface area contributed by atoms with Gasteiger partial charge in [-0.25, -0.2) is 0 Å². The van der Waals surface area contributed by atoms with E-state index >= 15 is 0 Å². The van der Waals surface area contributed by atoms with Crippen LogP contribution in [0.4, 0.5) is 0 Å². The lowest BCUT2D eigenvalue weighted by Crippen LogP contribution is -2.16. The molecule has 0 aliphatic heterocycles. The van der Waals surface area contributed by atoms with Crippen LogP contribution < -0.4 is 0 Å². The van der Waals surface area contributed by atoms with Crippen LogP contribution in [0.5, 0.6) is 0 Å². The molecule has 0 amide bonds. The number of allylic oxidation sites excluding steroid dienone is 3. The van der Waals surface area contributed by atoms with E-state index < -0.39 is 0 Å². The van der Waals surface area contributed by atoms with Crippen molar-refractivity contribution in [3.63, 3.8) is 0 Å². The highest BCUT2D eigenvalue weighted by Gasteiger charge is 1.98. The summed E-state index contributed by atoms with van der Waals surface area (Å²) in [5.41, 5.74) is 2.70. The van der Waals surface area contributed by atoms with Gasteiger partial charge in [-0.15, -0.1) is 0 Å². The Labute approximate surface area is 70.4 Å². The van der Waals surface area contributed by atoms with Crippen LogP contribution in [0.2, 0.25) is 0 Å². The number of nitrogens with zero attached hydrogens (tertiary/aromatic N) is 1. The van der Waals surface area contributed by atoms with E-state index in [2.05, 4.69) is 44.9 Å². The van der Waals surface area contributed by atoms with E-state index in [4.69, 9.17) is 0 Å². The molecule has 0 saturated heterocycles. The molecule has 1 nitrogen and oxygen atoms in total. The lowest BCUT2D eigenvalue weighted by atomic mass is 10.2. The highest BCUT2D eigenvalue weighted by atomic mass is 15.1. The van der Waals surface area contributed by atoms with E-state index in [1.165, 1.54) is 11.3 Å². The normalized spacial score (nSPS) is 10.3. The van der Waals surface area contributed by atoms with Gasteiger partial charge in [-0.1, -0.05) is 11.6 Å². The Morgan fingerprint density at radius 2 is 1.91 bits per heavy atom. The Hall–Kier alpha value is -0.720. The van der Waals surface area contributed by atoms with Crippen LogP contribution in [-0.2, 0) is 0 Å². The molecule has 0 N–H and O–H groups in total. The van der Waals surface area contributed by atoms with Gasteiger partial charge in [0.05, 0.1) is 0 Å². The minimum atomic E-state index is 1.06. The molecule has 0 spiro atoms.